The largest absolute Gasteiger partial charge is 0.486 e. The molecule has 0 aliphatic carbocycles. The number of hydrogen-bond acceptors (Lipinski definition) is 3. The summed E-state index contributed by atoms with van der Waals surface area (Å²) in [4.78, 5) is 11.2. The number of fused-ring (bicyclic) bond motifs is 1. The standard InChI is InChI=1S/C16H14O4/c1-10-12(3-2-4-13(10)16(17)18)11-5-6-14-15(9-11)20-8-7-19-14/h2-6,9H,7-8H2,1H3,(H,17,18). The molecule has 0 radical (unpaired) electrons. The van der Waals surface area contributed by atoms with Crippen LogP contribution in [-0.2, 0) is 0 Å². The molecule has 0 aromatic heterocycles. The van der Waals surface area contributed by atoms with Gasteiger partial charge >= 0.3 is 5.97 Å². The first-order chi connectivity index (χ1) is 9.66. The molecular weight excluding hydrogens is 256 g/mol. The third-order valence-corrected chi connectivity index (χ3v) is 3.42. The second kappa shape index (κ2) is 4.89. The Hall–Kier alpha value is -2.49. The summed E-state index contributed by atoms with van der Waals surface area (Å²) in [5.41, 5.74) is 2.88. The maximum Gasteiger partial charge on any atom is 0.335 e. The van der Waals surface area contributed by atoms with E-state index >= 15 is 0 Å². The van der Waals surface area contributed by atoms with Crippen LogP contribution in [0.4, 0.5) is 0 Å². The normalized spacial score (nSPS) is 13.1. The molecule has 2 aromatic rings. The molecule has 0 fully saturated rings. The van der Waals surface area contributed by atoms with Crippen LogP contribution in [0.3, 0.4) is 0 Å². The fraction of sp³-hybridized carbons (Fsp3) is 0.188. The molecule has 0 atom stereocenters. The summed E-state index contributed by atoms with van der Waals surface area (Å²) in [6, 6.07) is 10.9. The summed E-state index contributed by atoms with van der Waals surface area (Å²) in [5, 5.41) is 9.18. The Morgan fingerprint density at radius 1 is 1.10 bits per heavy atom. The molecule has 1 heterocycles. The average molecular weight is 270 g/mol. The summed E-state index contributed by atoms with van der Waals surface area (Å²) in [6.07, 6.45) is 0. The van der Waals surface area contributed by atoms with Crippen molar-refractivity contribution in [2.75, 3.05) is 13.2 Å². The minimum absolute atomic E-state index is 0.317. The Morgan fingerprint density at radius 3 is 2.60 bits per heavy atom. The second-order valence-electron chi connectivity index (χ2n) is 4.64. The van der Waals surface area contributed by atoms with Crippen molar-refractivity contribution in [1.29, 1.82) is 0 Å². The fourth-order valence-electron chi connectivity index (χ4n) is 2.39. The highest BCUT2D eigenvalue weighted by molar-refractivity contribution is 5.92. The van der Waals surface area contributed by atoms with Gasteiger partial charge < -0.3 is 14.6 Å². The van der Waals surface area contributed by atoms with Gasteiger partial charge in [-0.25, -0.2) is 4.79 Å². The Balaban J connectivity index is 2.09. The molecule has 0 saturated heterocycles. The molecule has 1 aliphatic rings. The molecular formula is C16H14O4. The predicted molar refractivity (Wildman–Crippen MR) is 74.6 cm³/mol. The lowest BCUT2D eigenvalue weighted by Crippen LogP contribution is -2.15. The van der Waals surface area contributed by atoms with Crippen LogP contribution in [0.1, 0.15) is 15.9 Å². The van der Waals surface area contributed by atoms with Crippen molar-refractivity contribution in [2.45, 2.75) is 6.92 Å². The van der Waals surface area contributed by atoms with Gasteiger partial charge in [0.15, 0.2) is 11.5 Å². The highest BCUT2D eigenvalue weighted by Crippen LogP contribution is 2.35. The summed E-state index contributed by atoms with van der Waals surface area (Å²) in [6.45, 7) is 2.90. The molecule has 3 rings (SSSR count). The Bertz CT molecular complexity index is 676. The van der Waals surface area contributed by atoms with Gasteiger partial charge in [-0.1, -0.05) is 18.2 Å². The van der Waals surface area contributed by atoms with Crippen LogP contribution in [0.15, 0.2) is 36.4 Å². The molecule has 1 aliphatic heterocycles. The lowest BCUT2D eigenvalue weighted by molar-refractivity contribution is 0.0696. The highest BCUT2D eigenvalue weighted by atomic mass is 16.6. The molecule has 4 heteroatoms. The van der Waals surface area contributed by atoms with Gasteiger partial charge in [0.25, 0.3) is 0 Å². The van der Waals surface area contributed by atoms with Crippen LogP contribution >= 0.6 is 0 Å². The molecule has 20 heavy (non-hydrogen) atoms. The van der Waals surface area contributed by atoms with Crippen LogP contribution in [0.5, 0.6) is 11.5 Å². The molecule has 0 saturated carbocycles. The molecule has 0 spiro atoms. The molecule has 2 aromatic carbocycles. The van der Waals surface area contributed by atoms with Crippen molar-refractivity contribution in [1.82, 2.24) is 0 Å². The minimum Gasteiger partial charge on any atom is -0.486 e. The van der Waals surface area contributed by atoms with E-state index in [-0.39, 0.29) is 0 Å². The van der Waals surface area contributed by atoms with Gasteiger partial charge in [-0.3, -0.25) is 0 Å². The van der Waals surface area contributed by atoms with Crippen LogP contribution in [0.25, 0.3) is 11.1 Å². The van der Waals surface area contributed by atoms with Gasteiger partial charge in [-0.15, -0.1) is 0 Å². The Kier molecular flexibility index (Phi) is 3.06. The average Bonchev–Trinajstić information content (AvgIpc) is 2.46. The van der Waals surface area contributed by atoms with E-state index in [2.05, 4.69) is 0 Å². The zero-order valence-electron chi connectivity index (χ0n) is 11.1. The lowest BCUT2D eigenvalue weighted by Gasteiger charge is -2.19. The monoisotopic (exact) mass is 270 g/mol. The summed E-state index contributed by atoms with van der Waals surface area (Å²) in [7, 11) is 0. The van der Waals surface area contributed by atoms with Gasteiger partial charge in [0, 0.05) is 0 Å². The van der Waals surface area contributed by atoms with E-state index in [1.807, 2.05) is 31.2 Å². The molecule has 0 bridgehead atoms. The Labute approximate surface area is 116 Å². The number of hydrogen-bond donors (Lipinski definition) is 1. The van der Waals surface area contributed by atoms with Crippen LogP contribution in [0.2, 0.25) is 0 Å². The molecule has 1 N–H and O–H groups in total. The number of benzene rings is 2. The third kappa shape index (κ3) is 2.09. The number of ether oxygens (including phenoxy) is 2. The molecule has 0 amide bonds. The van der Waals surface area contributed by atoms with Gasteiger partial charge in [0.1, 0.15) is 13.2 Å². The first-order valence-corrected chi connectivity index (χ1v) is 6.40. The van der Waals surface area contributed by atoms with E-state index < -0.39 is 5.97 Å². The van der Waals surface area contributed by atoms with Crippen LogP contribution < -0.4 is 9.47 Å². The summed E-state index contributed by atoms with van der Waals surface area (Å²) >= 11 is 0. The molecule has 0 unspecified atom stereocenters. The van der Waals surface area contributed by atoms with Crippen molar-refractivity contribution < 1.29 is 19.4 Å². The predicted octanol–water partition coefficient (Wildman–Crippen LogP) is 3.13. The van der Waals surface area contributed by atoms with E-state index in [1.54, 1.807) is 12.1 Å². The van der Waals surface area contributed by atoms with Gasteiger partial charge in [0.2, 0.25) is 0 Å². The molecule has 4 nitrogen and oxygen atoms in total. The minimum atomic E-state index is -0.915. The lowest BCUT2D eigenvalue weighted by atomic mass is 9.96. The fourth-order valence-corrected chi connectivity index (χ4v) is 2.39. The smallest absolute Gasteiger partial charge is 0.335 e. The van der Waals surface area contributed by atoms with Gasteiger partial charge in [0.05, 0.1) is 5.56 Å². The first kappa shape index (κ1) is 12.5. The summed E-state index contributed by atoms with van der Waals surface area (Å²) in [5.74, 6) is 0.516. The SMILES string of the molecule is Cc1c(C(=O)O)cccc1-c1ccc2c(c1)OCCO2. The van der Waals surface area contributed by atoms with Gasteiger partial charge in [-0.05, 0) is 41.8 Å². The zero-order valence-corrected chi connectivity index (χ0v) is 11.1. The number of aromatic carboxylic acids is 1. The third-order valence-electron chi connectivity index (χ3n) is 3.42. The van der Waals surface area contributed by atoms with Crippen molar-refractivity contribution in [3.8, 4) is 22.6 Å². The van der Waals surface area contributed by atoms with Crippen molar-refractivity contribution in [2.24, 2.45) is 0 Å². The van der Waals surface area contributed by atoms with E-state index in [0.717, 1.165) is 22.4 Å². The van der Waals surface area contributed by atoms with Crippen molar-refractivity contribution in [3.05, 3.63) is 47.5 Å². The number of carboxylic acid groups (broad SMARTS) is 1. The van der Waals surface area contributed by atoms with E-state index in [1.165, 1.54) is 0 Å². The number of rotatable bonds is 2. The van der Waals surface area contributed by atoms with Crippen LogP contribution in [0, 0.1) is 6.92 Å². The number of carboxylic acids is 1. The van der Waals surface area contributed by atoms with E-state index in [4.69, 9.17) is 9.47 Å². The quantitative estimate of drug-likeness (QED) is 0.910. The Morgan fingerprint density at radius 2 is 1.85 bits per heavy atom. The second-order valence-corrected chi connectivity index (χ2v) is 4.64. The van der Waals surface area contributed by atoms with Crippen LogP contribution in [-0.4, -0.2) is 24.3 Å². The topological polar surface area (TPSA) is 55.8 Å². The van der Waals surface area contributed by atoms with E-state index in [0.29, 0.717) is 24.5 Å². The first-order valence-electron chi connectivity index (χ1n) is 6.40. The highest BCUT2D eigenvalue weighted by Gasteiger charge is 2.15. The summed E-state index contributed by atoms with van der Waals surface area (Å²) < 4.78 is 11.0. The van der Waals surface area contributed by atoms with E-state index in [9.17, 15) is 9.90 Å². The zero-order chi connectivity index (χ0) is 14.1. The number of carbonyl (C=O) groups is 1. The van der Waals surface area contributed by atoms with Crippen molar-refractivity contribution in [3.63, 3.8) is 0 Å². The molecule has 102 valence electrons. The van der Waals surface area contributed by atoms with Crippen molar-refractivity contribution >= 4 is 5.97 Å². The maximum absolute atomic E-state index is 11.2. The van der Waals surface area contributed by atoms with Gasteiger partial charge in [-0.2, -0.15) is 0 Å². The maximum atomic E-state index is 11.2.